The zero-order valence-corrected chi connectivity index (χ0v) is 13.3. The molecule has 21 heavy (non-hydrogen) atoms. The fourth-order valence-corrected chi connectivity index (χ4v) is 2.46. The molecule has 1 heterocycles. The summed E-state index contributed by atoms with van der Waals surface area (Å²) in [4.78, 5) is 21.1. The average molecular weight is 301 g/mol. The Morgan fingerprint density at radius 1 is 1.24 bits per heavy atom. The highest BCUT2D eigenvalue weighted by Gasteiger charge is 2.14. The lowest BCUT2D eigenvalue weighted by atomic mass is 10.1. The summed E-state index contributed by atoms with van der Waals surface area (Å²) in [6.07, 6.45) is 5.11. The summed E-state index contributed by atoms with van der Waals surface area (Å²) < 4.78 is 0. The van der Waals surface area contributed by atoms with Crippen molar-refractivity contribution >= 4 is 23.4 Å². The highest BCUT2D eigenvalue weighted by molar-refractivity contribution is 7.98. The molecule has 1 aromatic carbocycles. The lowest BCUT2D eigenvalue weighted by molar-refractivity contribution is 0.102. The number of benzene rings is 1. The summed E-state index contributed by atoms with van der Waals surface area (Å²) in [5.74, 6) is -0.152. The average Bonchev–Trinajstić information content (AvgIpc) is 2.54. The van der Waals surface area contributed by atoms with Crippen molar-refractivity contribution < 1.29 is 4.79 Å². The summed E-state index contributed by atoms with van der Waals surface area (Å²) in [5, 5.41) is 3.66. The van der Waals surface area contributed by atoms with E-state index in [1.807, 2.05) is 37.4 Å². The molecule has 0 fully saturated rings. The molecule has 0 aliphatic heterocycles. The largest absolute Gasteiger partial charge is 0.322 e. The number of amides is 1. The van der Waals surface area contributed by atoms with Crippen molar-refractivity contribution in [3.63, 3.8) is 0 Å². The molecular weight excluding hydrogens is 282 g/mol. The fraction of sp³-hybridized carbons (Fsp3) is 0.312. The number of hydrogen-bond acceptors (Lipinski definition) is 4. The molecule has 0 spiro atoms. The molecule has 2 rings (SSSR count). The second-order valence-electron chi connectivity index (χ2n) is 4.54. The number of aryl methyl sites for hydroxylation is 2. The molecule has 2 aromatic rings. The predicted octanol–water partition coefficient (Wildman–Crippen LogP) is 3.58. The molecular formula is C16H19N3OS. The Hall–Kier alpha value is -1.88. The van der Waals surface area contributed by atoms with Gasteiger partial charge in [-0.05, 0) is 30.7 Å². The molecule has 0 saturated carbocycles. The Morgan fingerprint density at radius 3 is 2.67 bits per heavy atom. The van der Waals surface area contributed by atoms with Crippen LogP contribution >= 0.6 is 11.8 Å². The van der Waals surface area contributed by atoms with Gasteiger partial charge in [-0.3, -0.25) is 4.79 Å². The van der Waals surface area contributed by atoms with Crippen LogP contribution in [0.25, 0.3) is 0 Å². The van der Waals surface area contributed by atoms with Gasteiger partial charge in [-0.15, -0.1) is 0 Å². The highest BCUT2D eigenvalue weighted by atomic mass is 32.2. The van der Waals surface area contributed by atoms with Crippen molar-refractivity contribution in [1.82, 2.24) is 9.97 Å². The molecule has 0 saturated heterocycles. The van der Waals surface area contributed by atoms with Gasteiger partial charge >= 0.3 is 0 Å². The quantitative estimate of drug-likeness (QED) is 0.677. The highest BCUT2D eigenvalue weighted by Crippen LogP contribution is 2.18. The molecule has 1 amide bonds. The molecule has 1 aromatic heterocycles. The first kappa shape index (κ1) is 15.5. The van der Waals surface area contributed by atoms with Gasteiger partial charge in [-0.1, -0.05) is 43.8 Å². The number of rotatable bonds is 5. The van der Waals surface area contributed by atoms with E-state index >= 15 is 0 Å². The second-order valence-corrected chi connectivity index (χ2v) is 5.31. The Bertz CT molecular complexity index is 643. The Balaban J connectivity index is 2.28. The molecule has 4 nitrogen and oxygen atoms in total. The van der Waals surface area contributed by atoms with E-state index in [1.165, 1.54) is 11.8 Å². The number of carbonyl (C=O) groups excluding carboxylic acids is 1. The van der Waals surface area contributed by atoms with Crippen molar-refractivity contribution in [2.75, 3.05) is 11.6 Å². The normalized spacial score (nSPS) is 10.4. The van der Waals surface area contributed by atoms with Gasteiger partial charge < -0.3 is 5.32 Å². The predicted molar refractivity (Wildman–Crippen MR) is 87.0 cm³/mol. The number of hydrogen-bond donors (Lipinski definition) is 1. The van der Waals surface area contributed by atoms with Crippen molar-refractivity contribution in [3.05, 3.63) is 47.3 Å². The van der Waals surface area contributed by atoms with Gasteiger partial charge in [0, 0.05) is 11.9 Å². The van der Waals surface area contributed by atoms with Crippen LogP contribution in [0.3, 0.4) is 0 Å². The van der Waals surface area contributed by atoms with Crippen LogP contribution in [0.4, 0.5) is 5.69 Å². The number of nitrogens with one attached hydrogen (secondary N) is 1. The van der Waals surface area contributed by atoms with Crippen LogP contribution in [-0.4, -0.2) is 22.1 Å². The van der Waals surface area contributed by atoms with Gasteiger partial charge in [0.2, 0.25) is 0 Å². The van der Waals surface area contributed by atoms with Crippen LogP contribution in [0.5, 0.6) is 0 Å². The van der Waals surface area contributed by atoms with Gasteiger partial charge in [0.25, 0.3) is 5.91 Å². The number of carbonyl (C=O) groups is 1. The zero-order valence-electron chi connectivity index (χ0n) is 12.5. The maximum atomic E-state index is 12.5. The van der Waals surface area contributed by atoms with E-state index in [9.17, 15) is 4.79 Å². The summed E-state index contributed by atoms with van der Waals surface area (Å²) in [5.41, 5.74) is 3.29. The minimum Gasteiger partial charge on any atom is -0.322 e. The van der Waals surface area contributed by atoms with Gasteiger partial charge in [0.15, 0.2) is 5.16 Å². The summed E-state index contributed by atoms with van der Waals surface area (Å²) >= 11 is 1.47. The van der Waals surface area contributed by atoms with Crippen molar-refractivity contribution in [2.24, 2.45) is 0 Å². The van der Waals surface area contributed by atoms with E-state index < -0.39 is 0 Å². The second kappa shape index (κ2) is 7.22. The lowest BCUT2D eigenvalue weighted by Gasteiger charge is -2.11. The molecule has 0 unspecified atom stereocenters. The molecule has 0 bridgehead atoms. The molecule has 0 aliphatic carbocycles. The molecule has 5 heteroatoms. The van der Waals surface area contributed by atoms with Crippen molar-refractivity contribution in [2.45, 2.75) is 31.8 Å². The van der Waals surface area contributed by atoms with Crippen LogP contribution in [0.15, 0.2) is 35.6 Å². The third-order valence-corrected chi connectivity index (χ3v) is 3.82. The van der Waals surface area contributed by atoms with Gasteiger partial charge in [0.1, 0.15) is 0 Å². The van der Waals surface area contributed by atoms with E-state index in [0.29, 0.717) is 17.1 Å². The number of para-hydroxylation sites is 1. The first-order chi connectivity index (χ1) is 10.2. The minimum absolute atomic E-state index is 0.152. The summed E-state index contributed by atoms with van der Waals surface area (Å²) in [6, 6.07) is 7.83. The maximum absolute atomic E-state index is 12.5. The molecule has 110 valence electrons. The summed E-state index contributed by atoms with van der Waals surface area (Å²) in [6.45, 7) is 4.06. The Morgan fingerprint density at radius 2 is 2.00 bits per heavy atom. The van der Waals surface area contributed by atoms with E-state index in [4.69, 9.17) is 0 Å². The van der Waals surface area contributed by atoms with Gasteiger partial charge in [-0.25, -0.2) is 9.97 Å². The lowest BCUT2D eigenvalue weighted by Crippen LogP contribution is -2.17. The summed E-state index contributed by atoms with van der Waals surface area (Å²) in [7, 11) is 0. The van der Waals surface area contributed by atoms with E-state index in [0.717, 1.165) is 23.4 Å². The van der Waals surface area contributed by atoms with Crippen LogP contribution in [0.1, 0.15) is 35.5 Å². The first-order valence-electron chi connectivity index (χ1n) is 6.98. The number of nitrogens with zero attached hydrogens (tertiary/aromatic N) is 2. The zero-order chi connectivity index (χ0) is 15.2. The van der Waals surface area contributed by atoms with Crippen LogP contribution in [0, 0.1) is 0 Å². The van der Waals surface area contributed by atoms with Crippen molar-refractivity contribution in [1.29, 1.82) is 0 Å². The monoisotopic (exact) mass is 301 g/mol. The van der Waals surface area contributed by atoms with Gasteiger partial charge in [-0.2, -0.15) is 0 Å². The minimum atomic E-state index is -0.152. The molecule has 0 radical (unpaired) electrons. The maximum Gasteiger partial charge on any atom is 0.259 e. The smallest absolute Gasteiger partial charge is 0.259 e. The SMILES string of the molecule is CCc1ccccc1NC(=O)c1cnc(SC)nc1CC. The van der Waals surface area contributed by atoms with E-state index in [-0.39, 0.29) is 5.91 Å². The number of anilines is 1. The van der Waals surface area contributed by atoms with E-state index in [1.54, 1.807) is 6.20 Å². The van der Waals surface area contributed by atoms with Crippen LogP contribution in [0.2, 0.25) is 0 Å². The standard InChI is InChI=1S/C16H19N3OS/c1-4-11-8-6-7-9-14(11)18-15(20)12-10-17-16(21-3)19-13(12)5-2/h6-10H,4-5H2,1-3H3,(H,18,20). The van der Waals surface area contributed by atoms with Crippen LogP contribution in [-0.2, 0) is 12.8 Å². The van der Waals surface area contributed by atoms with Crippen LogP contribution < -0.4 is 5.32 Å². The van der Waals surface area contributed by atoms with Crippen molar-refractivity contribution in [3.8, 4) is 0 Å². The van der Waals surface area contributed by atoms with E-state index in [2.05, 4.69) is 22.2 Å². The third kappa shape index (κ3) is 3.61. The molecule has 0 aliphatic rings. The fourth-order valence-electron chi connectivity index (χ4n) is 2.10. The first-order valence-corrected chi connectivity index (χ1v) is 8.21. The molecule has 1 N–H and O–H groups in total. The Kier molecular flexibility index (Phi) is 5.33. The Labute approximate surface area is 129 Å². The number of thioether (sulfide) groups is 1. The van der Waals surface area contributed by atoms with Gasteiger partial charge in [0.05, 0.1) is 11.3 Å². The topological polar surface area (TPSA) is 54.9 Å². The number of aromatic nitrogens is 2. The molecule has 0 atom stereocenters. The third-order valence-electron chi connectivity index (χ3n) is 3.25.